The zero-order chi connectivity index (χ0) is 14.9. The van der Waals surface area contributed by atoms with Crippen LogP contribution in [0.3, 0.4) is 0 Å². The molecule has 0 fully saturated rings. The lowest BCUT2D eigenvalue weighted by molar-refractivity contribution is 0.1000. The Morgan fingerprint density at radius 1 is 1.40 bits per heavy atom. The van der Waals surface area contributed by atoms with Gasteiger partial charge in [-0.1, -0.05) is 17.5 Å². The Hall–Kier alpha value is -2.58. The molecule has 2 rings (SSSR count). The highest BCUT2D eigenvalue weighted by atomic mass is 35.5. The molecule has 2 aromatic rings. The quantitative estimate of drug-likeness (QED) is 0.832. The van der Waals surface area contributed by atoms with E-state index in [1.165, 1.54) is 18.5 Å². The Balaban J connectivity index is 2.76. The summed E-state index contributed by atoms with van der Waals surface area (Å²) in [4.78, 5) is 15.0. The van der Waals surface area contributed by atoms with Crippen molar-refractivity contribution in [2.24, 2.45) is 5.73 Å². The van der Waals surface area contributed by atoms with Crippen molar-refractivity contribution >= 4 is 23.2 Å². The average Bonchev–Trinajstić information content (AvgIpc) is 2.40. The number of nitrogen functional groups attached to an aromatic ring is 1. The second-order valence-electron chi connectivity index (χ2n) is 3.97. The van der Waals surface area contributed by atoms with Crippen LogP contribution < -0.4 is 11.5 Å². The van der Waals surface area contributed by atoms with Gasteiger partial charge in [-0.3, -0.25) is 9.78 Å². The predicted octanol–water partition coefficient (Wildman–Crippen LogP) is 2.20. The molecule has 0 aliphatic heterocycles. The number of halogens is 2. The Bertz CT molecular complexity index is 753. The first-order valence-corrected chi connectivity index (χ1v) is 5.82. The zero-order valence-corrected chi connectivity index (χ0v) is 10.9. The van der Waals surface area contributed by atoms with Gasteiger partial charge in [-0.15, -0.1) is 6.42 Å². The van der Waals surface area contributed by atoms with Gasteiger partial charge in [-0.25, -0.2) is 4.39 Å². The van der Waals surface area contributed by atoms with Gasteiger partial charge in [0, 0.05) is 17.3 Å². The van der Waals surface area contributed by atoms with E-state index in [0.717, 1.165) is 6.07 Å². The maximum Gasteiger partial charge on any atom is 0.250 e. The van der Waals surface area contributed by atoms with Crippen molar-refractivity contribution in [2.45, 2.75) is 0 Å². The van der Waals surface area contributed by atoms with Gasteiger partial charge in [0.25, 0.3) is 0 Å². The van der Waals surface area contributed by atoms with Crippen molar-refractivity contribution in [3.8, 4) is 23.5 Å². The number of aromatic nitrogens is 1. The Kier molecular flexibility index (Phi) is 3.59. The largest absolute Gasteiger partial charge is 0.397 e. The summed E-state index contributed by atoms with van der Waals surface area (Å²) in [6.45, 7) is 0. The molecule has 1 aromatic heterocycles. The summed E-state index contributed by atoms with van der Waals surface area (Å²) in [6, 6.07) is 2.23. The van der Waals surface area contributed by atoms with Gasteiger partial charge in [0.15, 0.2) is 0 Å². The summed E-state index contributed by atoms with van der Waals surface area (Å²) in [5, 5.41) is 0.0214. The Morgan fingerprint density at radius 2 is 2.10 bits per heavy atom. The lowest BCUT2D eigenvalue weighted by Gasteiger charge is -2.11. The first-order valence-electron chi connectivity index (χ1n) is 5.45. The first kappa shape index (κ1) is 13.8. The van der Waals surface area contributed by atoms with Gasteiger partial charge in [0.1, 0.15) is 5.82 Å². The van der Waals surface area contributed by atoms with E-state index in [-0.39, 0.29) is 21.8 Å². The third-order valence-corrected chi connectivity index (χ3v) is 3.04. The van der Waals surface area contributed by atoms with Gasteiger partial charge in [-0.2, -0.15) is 0 Å². The van der Waals surface area contributed by atoms with Crippen LogP contribution in [0.5, 0.6) is 0 Å². The summed E-state index contributed by atoms with van der Waals surface area (Å²) < 4.78 is 14.2. The molecular weight excluding hydrogens is 281 g/mol. The van der Waals surface area contributed by atoms with Crippen molar-refractivity contribution < 1.29 is 9.18 Å². The average molecular weight is 290 g/mol. The highest BCUT2D eigenvalue weighted by Gasteiger charge is 2.17. The highest BCUT2D eigenvalue weighted by Crippen LogP contribution is 2.34. The first-order chi connectivity index (χ1) is 9.45. The molecule has 6 heteroatoms. The molecule has 20 heavy (non-hydrogen) atoms. The van der Waals surface area contributed by atoms with E-state index in [4.69, 9.17) is 29.5 Å². The highest BCUT2D eigenvalue weighted by molar-refractivity contribution is 6.34. The van der Waals surface area contributed by atoms with Crippen molar-refractivity contribution in [1.29, 1.82) is 0 Å². The van der Waals surface area contributed by atoms with Crippen LogP contribution in [0.4, 0.5) is 10.1 Å². The van der Waals surface area contributed by atoms with Crippen molar-refractivity contribution in [3.63, 3.8) is 0 Å². The van der Waals surface area contributed by atoms with E-state index < -0.39 is 11.7 Å². The van der Waals surface area contributed by atoms with Crippen molar-refractivity contribution in [3.05, 3.63) is 46.5 Å². The summed E-state index contributed by atoms with van der Waals surface area (Å²) in [5.41, 5.74) is 11.7. The molecule has 1 heterocycles. The number of carbonyl (C=O) groups excluding carboxylic acids is 1. The minimum absolute atomic E-state index is 0.0214. The maximum atomic E-state index is 14.2. The molecule has 1 aromatic carbocycles. The van der Waals surface area contributed by atoms with Crippen LogP contribution >= 0.6 is 11.6 Å². The SMILES string of the molecule is C#Cc1cncc(N)c1-c1cc(Cl)c(C(N)=O)cc1F. The molecule has 0 spiro atoms. The van der Waals surface area contributed by atoms with Crippen LogP contribution in [0.2, 0.25) is 5.02 Å². The minimum Gasteiger partial charge on any atom is -0.397 e. The molecule has 0 aliphatic rings. The molecule has 0 bridgehead atoms. The van der Waals surface area contributed by atoms with Crippen LogP contribution in [0.25, 0.3) is 11.1 Å². The van der Waals surface area contributed by atoms with Crippen LogP contribution in [-0.2, 0) is 0 Å². The van der Waals surface area contributed by atoms with Crippen LogP contribution in [0.1, 0.15) is 15.9 Å². The summed E-state index contributed by atoms with van der Waals surface area (Å²) >= 11 is 5.92. The predicted molar refractivity (Wildman–Crippen MR) is 75.5 cm³/mol. The van der Waals surface area contributed by atoms with Gasteiger partial charge in [0.05, 0.1) is 28.0 Å². The molecule has 0 aliphatic carbocycles. The van der Waals surface area contributed by atoms with Crippen LogP contribution in [0.15, 0.2) is 24.5 Å². The van der Waals surface area contributed by atoms with E-state index in [1.807, 2.05) is 0 Å². The second kappa shape index (κ2) is 5.19. The second-order valence-corrected chi connectivity index (χ2v) is 4.38. The lowest BCUT2D eigenvalue weighted by atomic mass is 9.98. The number of rotatable bonds is 2. The molecule has 4 N–H and O–H groups in total. The number of terminal acetylenes is 1. The summed E-state index contributed by atoms with van der Waals surface area (Å²) in [7, 11) is 0. The number of hydrogen-bond donors (Lipinski definition) is 2. The number of anilines is 1. The Labute approximate surface area is 119 Å². The normalized spacial score (nSPS) is 10.1. The molecule has 0 radical (unpaired) electrons. The number of nitrogens with two attached hydrogens (primary N) is 2. The fraction of sp³-hybridized carbons (Fsp3) is 0. The van der Waals surface area contributed by atoms with Gasteiger partial charge in [-0.05, 0) is 12.1 Å². The van der Waals surface area contributed by atoms with Gasteiger partial charge in [0.2, 0.25) is 5.91 Å². The molecule has 0 atom stereocenters. The lowest BCUT2D eigenvalue weighted by Crippen LogP contribution is -2.12. The van der Waals surface area contributed by atoms with Gasteiger partial charge >= 0.3 is 0 Å². The zero-order valence-electron chi connectivity index (χ0n) is 10.2. The molecule has 0 saturated heterocycles. The van der Waals surface area contributed by atoms with Gasteiger partial charge < -0.3 is 11.5 Å². The van der Waals surface area contributed by atoms with E-state index >= 15 is 0 Å². The molecule has 0 unspecified atom stereocenters. The number of benzene rings is 1. The van der Waals surface area contributed by atoms with Crippen LogP contribution in [-0.4, -0.2) is 10.9 Å². The van der Waals surface area contributed by atoms with Crippen LogP contribution in [0, 0.1) is 18.2 Å². The topological polar surface area (TPSA) is 82.0 Å². The Morgan fingerprint density at radius 3 is 2.70 bits per heavy atom. The monoisotopic (exact) mass is 289 g/mol. The minimum atomic E-state index is -0.819. The maximum absolute atomic E-state index is 14.2. The number of carbonyl (C=O) groups is 1. The molecule has 0 saturated carbocycles. The van der Waals surface area contributed by atoms with E-state index in [2.05, 4.69) is 10.9 Å². The van der Waals surface area contributed by atoms with E-state index in [0.29, 0.717) is 11.1 Å². The summed E-state index contributed by atoms with van der Waals surface area (Å²) in [5.74, 6) is 0.859. The van der Waals surface area contributed by atoms with Crippen molar-refractivity contribution in [2.75, 3.05) is 5.73 Å². The third-order valence-electron chi connectivity index (χ3n) is 2.72. The molecule has 100 valence electrons. The number of pyridine rings is 1. The van der Waals surface area contributed by atoms with Crippen molar-refractivity contribution in [1.82, 2.24) is 4.98 Å². The number of amides is 1. The smallest absolute Gasteiger partial charge is 0.250 e. The molecule has 4 nitrogen and oxygen atoms in total. The fourth-order valence-electron chi connectivity index (χ4n) is 1.81. The fourth-order valence-corrected chi connectivity index (χ4v) is 2.07. The molecule has 1 amide bonds. The van der Waals surface area contributed by atoms with E-state index in [1.54, 1.807) is 0 Å². The number of primary amides is 1. The van der Waals surface area contributed by atoms with E-state index in [9.17, 15) is 9.18 Å². The third kappa shape index (κ3) is 2.29. The standard InChI is InChI=1S/C14H9ClFN3O/c1-2-7-5-19-6-12(17)13(7)9-3-10(15)8(14(18)20)4-11(9)16/h1,3-6H,17H2,(H2,18,20). The number of nitrogens with zero attached hydrogens (tertiary/aromatic N) is 1. The number of hydrogen-bond acceptors (Lipinski definition) is 3. The molecular formula is C14H9ClFN3O. The summed E-state index contributed by atoms with van der Waals surface area (Å²) in [6.07, 6.45) is 8.09.